The van der Waals surface area contributed by atoms with Crippen molar-refractivity contribution in [3.05, 3.63) is 12.2 Å². The monoisotopic (exact) mass is 186 g/mol. The summed E-state index contributed by atoms with van der Waals surface area (Å²) < 4.78 is 1.91. The molecule has 0 radical (unpaired) electrons. The Morgan fingerprint density at radius 1 is 1.58 bits per heavy atom. The molecule has 0 saturated carbocycles. The molecule has 5 nitrogen and oxygen atoms in total. The standard InChI is InChI=1S/C6H7ClN4O/c7-6(12)10-1-2-11-4-8-9-5(11)3-10/h4H,1-3H2. The number of carbonyl (C=O) groups is 1. The van der Waals surface area contributed by atoms with Crippen molar-refractivity contribution >= 4 is 17.0 Å². The van der Waals surface area contributed by atoms with Crippen LogP contribution in [0.4, 0.5) is 4.79 Å². The van der Waals surface area contributed by atoms with E-state index in [4.69, 9.17) is 11.6 Å². The summed E-state index contributed by atoms with van der Waals surface area (Å²) in [6.45, 7) is 1.82. The summed E-state index contributed by atoms with van der Waals surface area (Å²) >= 11 is 5.32. The summed E-state index contributed by atoms with van der Waals surface area (Å²) in [6, 6.07) is 0. The first-order chi connectivity index (χ1) is 5.77. The Morgan fingerprint density at radius 3 is 3.17 bits per heavy atom. The maximum Gasteiger partial charge on any atom is 0.316 e. The lowest BCUT2D eigenvalue weighted by Crippen LogP contribution is -2.35. The lowest BCUT2D eigenvalue weighted by atomic mass is 10.4. The Kier molecular flexibility index (Phi) is 1.73. The van der Waals surface area contributed by atoms with Gasteiger partial charge in [-0.15, -0.1) is 10.2 Å². The number of rotatable bonds is 0. The Balaban J connectivity index is 2.20. The minimum atomic E-state index is -0.427. The van der Waals surface area contributed by atoms with Crippen LogP contribution in [0.15, 0.2) is 6.33 Å². The second-order valence-electron chi connectivity index (χ2n) is 2.62. The molecule has 0 spiro atoms. The maximum absolute atomic E-state index is 10.8. The highest BCUT2D eigenvalue weighted by Gasteiger charge is 2.19. The molecule has 0 N–H and O–H groups in total. The van der Waals surface area contributed by atoms with Crippen molar-refractivity contribution in [2.75, 3.05) is 6.54 Å². The van der Waals surface area contributed by atoms with Crippen LogP contribution in [0.5, 0.6) is 0 Å². The molecule has 1 aliphatic heterocycles. The van der Waals surface area contributed by atoms with E-state index in [-0.39, 0.29) is 0 Å². The van der Waals surface area contributed by atoms with Gasteiger partial charge in [-0.2, -0.15) is 0 Å². The zero-order valence-electron chi connectivity index (χ0n) is 6.27. The Labute approximate surface area is 73.9 Å². The number of hydrogen-bond acceptors (Lipinski definition) is 3. The van der Waals surface area contributed by atoms with Crippen LogP contribution < -0.4 is 0 Å². The fraction of sp³-hybridized carbons (Fsp3) is 0.500. The van der Waals surface area contributed by atoms with Crippen molar-refractivity contribution in [2.24, 2.45) is 0 Å². The fourth-order valence-corrected chi connectivity index (χ4v) is 1.36. The predicted molar refractivity (Wildman–Crippen MR) is 41.7 cm³/mol. The average molecular weight is 187 g/mol. The highest BCUT2D eigenvalue weighted by Crippen LogP contribution is 2.10. The molecule has 0 fully saturated rings. The van der Waals surface area contributed by atoms with Gasteiger partial charge in [-0.25, -0.2) is 0 Å². The summed E-state index contributed by atoms with van der Waals surface area (Å²) in [4.78, 5) is 12.3. The number of aromatic nitrogens is 3. The number of halogens is 1. The van der Waals surface area contributed by atoms with Crippen molar-refractivity contribution in [3.8, 4) is 0 Å². The van der Waals surface area contributed by atoms with E-state index in [1.54, 1.807) is 6.33 Å². The molecule has 64 valence electrons. The van der Waals surface area contributed by atoms with Gasteiger partial charge in [0.15, 0.2) is 5.82 Å². The SMILES string of the molecule is O=C(Cl)N1CCn2cnnc2C1. The van der Waals surface area contributed by atoms with Crippen LogP contribution in [-0.2, 0) is 13.1 Å². The van der Waals surface area contributed by atoms with Gasteiger partial charge in [0.05, 0.1) is 6.54 Å². The van der Waals surface area contributed by atoms with Crippen LogP contribution in [0.3, 0.4) is 0 Å². The Bertz CT molecular complexity index is 310. The lowest BCUT2D eigenvalue weighted by Gasteiger charge is -2.24. The summed E-state index contributed by atoms with van der Waals surface area (Å²) in [5.74, 6) is 0.787. The number of amides is 1. The molecular weight excluding hydrogens is 180 g/mol. The van der Waals surface area contributed by atoms with Crippen LogP contribution in [0, 0.1) is 0 Å². The topological polar surface area (TPSA) is 51.0 Å². The van der Waals surface area contributed by atoms with Crippen LogP contribution in [0.2, 0.25) is 0 Å². The third kappa shape index (κ3) is 1.16. The maximum atomic E-state index is 10.8. The van der Waals surface area contributed by atoms with Crippen molar-refractivity contribution in [1.29, 1.82) is 0 Å². The van der Waals surface area contributed by atoms with Gasteiger partial charge in [-0.05, 0) is 11.6 Å². The van der Waals surface area contributed by atoms with E-state index in [1.165, 1.54) is 4.90 Å². The Hall–Kier alpha value is -1.10. The van der Waals surface area contributed by atoms with Gasteiger partial charge in [-0.1, -0.05) is 0 Å². The minimum Gasteiger partial charge on any atom is -0.320 e. The van der Waals surface area contributed by atoms with Crippen molar-refractivity contribution in [1.82, 2.24) is 19.7 Å². The zero-order valence-corrected chi connectivity index (χ0v) is 7.03. The highest BCUT2D eigenvalue weighted by molar-refractivity contribution is 6.62. The van der Waals surface area contributed by atoms with Gasteiger partial charge in [-0.3, -0.25) is 4.79 Å². The van der Waals surface area contributed by atoms with E-state index in [9.17, 15) is 4.79 Å². The molecule has 1 aromatic heterocycles. The summed E-state index contributed by atoms with van der Waals surface area (Å²) in [7, 11) is 0. The molecule has 0 saturated heterocycles. The van der Waals surface area contributed by atoms with Crippen molar-refractivity contribution in [3.63, 3.8) is 0 Å². The first kappa shape index (κ1) is 7.54. The quantitative estimate of drug-likeness (QED) is 0.437. The molecule has 0 unspecified atom stereocenters. The molecule has 0 bridgehead atoms. The van der Waals surface area contributed by atoms with Crippen LogP contribution >= 0.6 is 11.6 Å². The lowest BCUT2D eigenvalue weighted by molar-refractivity contribution is 0.205. The van der Waals surface area contributed by atoms with E-state index in [0.717, 1.165) is 12.4 Å². The smallest absolute Gasteiger partial charge is 0.316 e. The first-order valence-electron chi connectivity index (χ1n) is 3.58. The largest absolute Gasteiger partial charge is 0.320 e. The Morgan fingerprint density at radius 2 is 2.42 bits per heavy atom. The van der Waals surface area contributed by atoms with Gasteiger partial charge in [0.25, 0.3) is 0 Å². The molecule has 2 rings (SSSR count). The molecule has 2 heterocycles. The molecule has 1 aliphatic rings. The van der Waals surface area contributed by atoms with Gasteiger partial charge < -0.3 is 9.47 Å². The summed E-state index contributed by atoms with van der Waals surface area (Å²) in [5, 5.41) is 7.15. The van der Waals surface area contributed by atoms with Crippen LogP contribution in [0.1, 0.15) is 5.82 Å². The van der Waals surface area contributed by atoms with Crippen LogP contribution in [-0.4, -0.2) is 31.6 Å². The number of carbonyl (C=O) groups excluding carboxylic acids is 1. The first-order valence-corrected chi connectivity index (χ1v) is 3.96. The van der Waals surface area contributed by atoms with Gasteiger partial charge in [0.1, 0.15) is 6.33 Å². The van der Waals surface area contributed by atoms with E-state index in [1.807, 2.05) is 4.57 Å². The molecule has 12 heavy (non-hydrogen) atoms. The second-order valence-corrected chi connectivity index (χ2v) is 2.94. The van der Waals surface area contributed by atoms with Crippen LogP contribution in [0.25, 0.3) is 0 Å². The van der Waals surface area contributed by atoms with E-state index < -0.39 is 5.37 Å². The predicted octanol–water partition coefficient (Wildman–Crippen LogP) is 0.453. The average Bonchev–Trinajstić information content (AvgIpc) is 2.49. The third-order valence-electron chi connectivity index (χ3n) is 1.89. The van der Waals surface area contributed by atoms with Gasteiger partial charge in [0, 0.05) is 13.1 Å². The molecule has 1 amide bonds. The van der Waals surface area contributed by atoms with E-state index in [0.29, 0.717) is 13.1 Å². The normalized spacial score (nSPS) is 15.9. The van der Waals surface area contributed by atoms with E-state index >= 15 is 0 Å². The van der Waals surface area contributed by atoms with Crippen molar-refractivity contribution in [2.45, 2.75) is 13.1 Å². The minimum absolute atomic E-state index is 0.427. The fourth-order valence-electron chi connectivity index (χ4n) is 1.22. The third-order valence-corrected chi connectivity index (χ3v) is 2.13. The molecule has 0 aliphatic carbocycles. The molecule has 0 aromatic carbocycles. The van der Waals surface area contributed by atoms with Gasteiger partial charge >= 0.3 is 5.37 Å². The summed E-state index contributed by atoms with van der Waals surface area (Å²) in [5.41, 5.74) is 0. The van der Waals surface area contributed by atoms with E-state index in [2.05, 4.69) is 10.2 Å². The second kappa shape index (κ2) is 2.75. The highest BCUT2D eigenvalue weighted by atomic mass is 35.5. The molecule has 1 aromatic rings. The number of nitrogens with zero attached hydrogens (tertiary/aromatic N) is 4. The molecule has 6 heteroatoms. The summed E-state index contributed by atoms with van der Waals surface area (Å²) in [6.07, 6.45) is 1.66. The molecular formula is C6H7ClN4O. The number of fused-ring (bicyclic) bond motifs is 1. The van der Waals surface area contributed by atoms with Gasteiger partial charge in [0.2, 0.25) is 0 Å². The molecule has 0 atom stereocenters. The zero-order chi connectivity index (χ0) is 8.55. The number of hydrogen-bond donors (Lipinski definition) is 0. The van der Waals surface area contributed by atoms with Crippen molar-refractivity contribution < 1.29 is 4.79 Å².